The molecule has 1 aromatic heterocycles. The normalized spacial score (nSPS) is 11.0. The Bertz CT molecular complexity index is 518. The number of pyridine rings is 1. The first-order valence-corrected chi connectivity index (χ1v) is 7.24. The molecule has 0 spiro atoms. The number of ether oxygens (including phenoxy) is 1. The number of esters is 1. The van der Waals surface area contributed by atoms with Crippen molar-refractivity contribution in [2.24, 2.45) is 0 Å². The summed E-state index contributed by atoms with van der Waals surface area (Å²) in [6.07, 6.45) is -0.205. The minimum absolute atomic E-state index is 0.117. The van der Waals surface area contributed by atoms with Gasteiger partial charge in [-0.05, 0) is 19.1 Å². The van der Waals surface area contributed by atoms with E-state index in [0.29, 0.717) is 0 Å². The van der Waals surface area contributed by atoms with Crippen LogP contribution in [0.2, 0.25) is 5.15 Å². The lowest BCUT2D eigenvalue weighted by atomic mass is 10.5. The van der Waals surface area contributed by atoms with Gasteiger partial charge >= 0.3 is 5.97 Å². The maximum atomic E-state index is 11.6. The SMILES string of the molecule is CCOC(=O)CCS(=O)(=O)Nc1cccc(Cl)n1. The zero-order chi connectivity index (χ0) is 13.6. The molecule has 8 heteroatoms. The summed E-state index contributed by atoms with van der Waals surface area (Å²) < 4.78 is 30.1. The molecule has 0 amide bonds. The fraction of sp³-hybridized carbons (Fsp3) is 0.400. The Morgan fingerprint density at radius 1 is 1.50 bits per heavy atom. The number of hydrogen-bond donors (Lipinski definition) is 1. The van der Waals surface area contributed by atoms with Crippen molar-refractivity contribution in [2.45, 2.75) is 13.3 Å². The fourth-order valence-corrected chi connectivity index (χ4v) is 2.26. The highest BCUT2D eigenvalue weighted by Crippen LogP contribution is 2.11. The van der Waals surface area contributed by atoms with E-state index >= 15 is 0 Å². The van der Waals surface area contributed by atoms with E-state index < -0.39 is 16.0 Å². The van der Waals surface area contributed by atoms with Crippen molar-refractivity contribution in [2.75, 3.05) is 17.1 Å². The average Bonchev–Trinajstić information content (AvgIpc) is 2.26. The van der Waals surface area contributed by atoms with Crippen LogP contribution in [-0.4, -0.2) is 31.7 Å². The number of anilines is 1. The molecule has 0 radical (unpaired) electrons. The van der Waals surface area contributed by atoms with E-state index in [0.717, 1.165) is 0 Å². The molecule has 1 heterocycles. The molecule has 0 saturated heterocycles. The molecule has 6 nitrogen and oxygen atoms in total. The van der Waals surface area contributed by atoms with Gasteiger partial charge in [0.25, 0.3) is 0 Å². The fourth-order valence-electron chi connectivity index (χ4n) is 1.13. The molecule has 1 aromatic rings. The van der Waals surface area contributed by atoms with Crippen LogP contribution < -0.4 is 4.72 Å². The molecule has 0 unspecified atom stereocenters. The van der Waals surface area contributed by atoms with Crippen molar-refractivity contribution in [3.63, 3.8) is 0 Å². The average molecular weight is 293 g/mol. The lowest BCUT2D eigenvalue weighted by Gasteiger charge is -2.07. The molecule has 0 bridgehead atoms. The molecule has 0 aliphatic carbocycles. The van der Waals surface area contributed by atoms with E-state index in [9.17, 15) is 13.2 Å². The first kappa shape index (κ1) is 14.7. The third-order valence-corrected chi connectivity index (χ3v) is 3.33. The van der Waals surface area contributed by atoms with Crippen LogP contribution in [0.5, 0.6) is 0 Å². The molecule has 0 saturated carbocycles. The number of halogens is 1. The van der Waals surface area contributed by atoms with Gasteiger partial charge in [0.1, 0.15) is 11.0 Å². The van der Waals surface area contributed by atoms with Crippen molar-refractivity contribution in [1.82, 2.24) is 4.98 Å². The summed E-state index contributed by atoms with van der Waals surface area (Å²) in [4.78, 5) is 14.8. The van der Waals surface area contributed by atoms with Crippen molar-refractivity contribution >= 4 is 33.4 Å². The largest absolute Gasteiger partial charge is 0.466 e. The van der Waals surface area contributed by atoms with Crippen LogP contribution in [-0.2, 0) is 19.6 Å². The second kappa shape index (κ2) is 6.55. The summed E-state index contributed by atoms with van der Waals surface area (Å²) in [5.41, 5.74) is 0. The highest BCUT2D eigenvalue weighted by atomic mass is 35.5. The number of aromatic nitrogens is 1. The topological polar surface area (TPSA) is 85.4 Å². The van der Waals surface area contributed by atoms with Gasteiger partial charge in [0.05, 0.1) is 18.8 Å². The van der Waals surface area contributed by atoms with Crippen molar-refractivity contribution in [3.05, 3.63) is 23.4 Å². The summed E-state index contributed by atoms with van der Waals surface area (Å²) >= 11 is 5.62. The minimum atomic E-state index is -3.64. The number of carbonyl (C=O) groups is 1. The number of nitrogens with one attached hydrogen (secondary N) is 1. The quantitative estimate of drug-likeness (QED) is 0.633. The Hall–Kier alpha value is -1.34. The second-order valence-corrected chi connectivity index (χ2v) is 5.55. The van der Waals surface area contributed by atoms with Gasteiger partial charge in [0.2, 0.25) is 10.0 Å². The maximum Gasteiger partial charge on any atom is 0.306 e. The van der Waals surface area contributed by atoms with Gasteiger partial charge in [0.15, 0.2) is 0 Å². The van der Waals surface area contributed by atoms with Crippen LogP contribution in [0.1, 0.15) is 13.3 Å². The van der Waals surface area contributed by atoms with Crippen LogP contribution in [0.25, 0.3) is 0 Å². The summed E-state index contributed by atoms with van der Waals surface area (Å²) in [6.45, 7) is 1.88. The van der Waals surface area contributed by atoms with Gasteiger partial charge in [-0.2, -0.15) is 0 Å². The van der Waals surface area contributed by atoms with Gasteiger partial charge in [-0.3, -0.25) is 9.52 Å². The molecule has 18 heavy (non-hydrogen) atoms. The van der Waals surface area contributed by atoms with Gasteiger partial charge in [-0.25, -0.2) is 13.4 Å². The molecule has 1 rings (SSSR count). The Labute approximate surface area is 110 Å². The summed E-state index contributed by atoms with van der Waals surface area (Å²) in [6, 6.07) is 4.56. The molecule has 0 aliphatic heterocycles. The maximum absolute atomic E-state index is 11.6. The molecular formula is C10H13ClN2O4S. The first-order chi connectivity index (χ1) is 8.43. The number of carbonyl (C=O) groups excluding carboxylic acids is 1. The first-order valence-electron chi connectivity index (χ1n) is 5.21. The number of rotatable bonds is 6. The van der Waals surface area contributed by atoms with Crippen LogP contribution in [0.15, 0.2) is 18.2 Å². The highest BCUT2D eigenvalue weighted by Gasteiger charge is 2.14. The summed E-state index contributed by atoms with van der Waals surface area (Å²) in [5, 5.41) is 0.181. The summed E-state index contributed by atoms with van der Waals surface area (Å²) in [5.74, 6) is -0.798. The van der Waals surface area contributed by atoms with E-state index in [4.69, 9.17) is 11.6 Å². The van der Waals surface area contributed by atoms with E-state index in [1.54, 1.807) is 13.0 Å². The Kier molecular flexibility index (Phi) is 5.36. The number of nitrogens with zero attached hydrogens (tertiary/aromatic N) is 1. The standard InChI is InChI=1S/C10H13ClN2O4S/c1-2-17-10(14)6-7-18(15,16)13-9-5-3-4-8(11)12-9/h3-5H,2,6-7H2,1H3,(H,12,13). The smallest absolute Gasteiger partial charge is 0.306 e. The van der Waals surface area contributed by atoms with Crippen molar-refractivity contribution < 1.29 is 17.9 Å². The predicted molar refractivity (Wildman–Crippen MR) is 67.9 cm³/mol. The Balaban J connectivity index is 2.57. The Morgan fingerprint density at radius 3 is 2.83 bits per heavy atom. The van der Waals surface area contributed by atoms with E-state index in [1.165, 1.54) is 12.1 Å². The van der Waals surface area contributed by atoms with Gasteiger partial charge < -0.3 is 4.74 Å². The van der Waals surface area contributed by atoms with Crippen LogP contribution in [0, 0.1) is 0 Å². The van der Waals surface area contributed by atoms with E-state index in [-0.39, 0.29) is 29.8 Å². The second-order valence-electron chi connectivity index (χ2n) is 3.32. The van der Waals surface area contributed by atoms with Crippen LogP contribution in [0.3, 0.4) is 0 Å². The third-order valence-electron chi connectivity index (χ3n) is 1.86. The molecule has 0 aromatic carbocycles. The lowest BCUT2D eigenvalue weighted by molar-refractivity contribution is -0.142. The van der Waals surface area contributed by atoms with Crippen LogP contribution in [0.4, 0.5) is 5.82 Å². The van der Waals surface area contributed by atoms with Gasteiger partial charge in [0, 0.05) is 0 Å². The van der Waals surface area contributed by atoms with E-state index in [1.807, 2.05) is 0 Å². The molecule has 0 fully saturated rings. The zero-order valence-corrected chi connectivity index (χ0v) is 11.3. The predicted octanol–water partition coefficient (Wildman–Crippen LogP) is 1.43. The number of sulfonamides is 1. The number of hydrogen-bond acceptors (Lipinski definition) is 5. The highest BCUT2D eigenvalue weighted by molar-refractivity contribution is 7.92. The minimum Gasteiger partial charge on any atom is -0.466 e. The van der Waals surface area contributed by atoms with Gasteiger partial charge in [-0.15, -0.1) is 0 Å². The zero-order valence-electron chi connectivity index (χ0n) is 9.72. The van der Waals surface area contributed by atoms with E-state index in [2.05, 4.69) is 14.4 Å². The van der Waals surface area contributed by atoms with Crippen molar-refractivity contribution in [3.8, 4) is 0 Å². The molecular weight excluding hydrogens is 280 g/mol. The van der Waals surface area contributed by atoms with Crippen molar-refractivity contribution in [1.29, 1.82) is 0 Å². The third kappa shape index (κ3) is 5.33. The van der Waals surface area contributed by atoms with Gasteiger partial charge in [-0.1, -0.05) is 17.7 Å². The Morgan fingerprint density at radius 2 is 2.22 bits per heavy atom. The molecule has 0 atom stereocenters. The summed E-state index contributed by atoms with van der Waals surface area (Å²) in [7, 11) is -3.64. The lowest BCUT2D eigenvalue weighted by Crippen LogP contribution is -2.20. The molecule has 100 valence electrons. The monoisotopic (exact) mass is 292 g/mol. The molecule has 1 N–H and O–H groups in total. The van der Waals surface area contributed by atoms with Crippen LogP contribution >= 0.6 is 11.6 Å². The molecule has 0 aliphatic rings.